The van der Waals surface area contributed by atoms with Crippen molar-refractivity contribution in [2.24, 2.45) is 0 Å². The van der Waals surface area contributed by atoms with Crippen LogP contribution in [0.3, 0.4) is 0 Å². The molecule has 0 fully saturated rings. The highest BCUT2D eigenvalue weighted by Gasteiger charge is 2.11. The third-order valence-electron chi connectivity index (χ3n) is 3.77. The summed E-state index contributed by atoms with van der Waals surface area (Å²) in [6.45, 7) is 2.56. The predicted molar refractivity (Wildman–Crippen MR) is 92.5 cm³/mol. The number of alkyl carbamates (subject to hydrolysis) is 1. The smallest absolute Gasteiger partial charge is 0.407 e. The van der Waals surface area contributed by atoms with Crippen molar-refractivity contribution in [1.82, 2.24) is 5.32 Å². The molecular formula is C19H29NO3. The van der Waals surface area contributed by atoms with E-state index < -0.39 is 12.1 Å². The summed E-state index contributed by atoms with van der Waals surface area (Å²) in [7, 11) is 0. The predicted octanol–water partition coefficient (Wildman–Crippen LogP) is 4.27. The van der Waals surface area contributed by atoms with Gasteiger partial charge in [0.2, 0.25) is 0 Å². The zero-order valence-corrected chi connectivity index (χ0v) is 14.1. The molecule has 128 valence electrons. The second-order valence-electron chi connectivity index (χ2n) is 5.81. The topological polar surface area (TPSA) is 55.4 Å². The number of nitrogens with one attached hydrogen (secondary N) is 1. The number of hydrogen-bond donors (Lipinski definition) is 1. The lowest BCUT2D eigenvalue weighted by Crippen LogP contribution is -2.36. The summed E-state index contributed by atoms with van der Waals surface area (Å²) in [6.07, 6.45) is 8.12. The quantitative estimate of drug-likeness (QED) is 0.462. The number of benzene rings is 1. The van der Waals surface area contributed by atoms with Crippen LogP contribution in [0.25, 0.3) is 0 Å². The second-order valence-corrected chi connectivity index (χ2v) is 5.81. The zero-order valence-electron chi connectivity index (χ0n) is 14.1. The van der Waals surface area contributed by atoms with Crippen molar-refractivity contribution in [3.8, 4) is 0 Å². The van der Waals surface area contributed by atoms with E-state index in [1.807, 2.05) is 18.2 Å². The Morgan fingerprint density at radius 2 is 1.91 bits per heavy atom. The Bertz CT molecular complexity index is 434. The molecule has 0 heterocycles. The number of hydrogen-bond acceptors (Lipinski definition) is 3. The summed E-state index contributed by atoms with van der Waals surface area (Å²) in [5.41, 5.74) is 1.30. The molecule has 1 atom stereocenters. The molecule has 0 aromatic heterocycles. The minimum Gasteiger partial charge on any atom is -0.450 e. The maximum absolute atomic E-state index is 11.6. The molecule has 1 N–H and O–H groups in total. The minimum atomic E-state index is -0.485. The van der Waals surface area contributed by atoms with Gasteiger partial charge in [-0.1, -0.05) is 62.9 Å². The van der Waals surface area contributed by atoms with Crippen LogP contribution in [0.15, 0.2) is 30.3 Å². The Kier molecular flexibility index (Phi) is 10.6. The fourth-order valence-corrected chi connectivity index (χ4v) is 2.40. The molecule has 0 aliphatic heterocycles. The van der Waals surface area contributed by atoms with Gasteiger partial charge in [-0.05, 0) is 31.2 Å². The number of aldehydes is 1. The average Bonchev–Trinajstić information content (AvgIpc) is 2.58. The first-order chi connectivity index (χ1) is 11.3. The molecule has 1 aromatic rings. The van der Waals surface area contributed by atoms with Gasteiger partial charge in [0.25, 0.3) is 0 Å². The maximum atomic E-state index is 11.6. The Morgan fingerprint density at radius 1 is 1.13 bits per heavy atom. The third kappa shape index (κ3) is 9.72. The summed E-state index contributed by atoms with van der Waals surface area (Å²) in [5, 5.41) is 2.63. The van der Waals surface area contributed by atoms with Crippen LogP contribution in [0, 0.1) is 0 Å². The first-order valence-corrected chi connectivity index (χ1v) is 8.68. The van der Waals surface area contributed by atoms with Crippen molar-refractivity contribution in [2.75, 3.05) is 6.61 Å². The van der Waals surface area contributed by atoms with Crippen LogP contribution in [0.1, 0.15) is 57.4 Å². The van der Waals surface area contributed by atoms with Crippen LogP contribution < -0.4 is 5.32 Å². The summed E-state index contributed by atoms with van der Waals surface area (Å²) in [6, 6.07) is 9.82. The van der Waals surface area contributed by atoms with Crippen LogP contribution in [-0.2, 0) is 16.0 Å². The molecule has 0 aliphatic rings. The highest BCUT2D eigenvalue weighted by molar-refractivity contribution is 5.72. The molecule has 1 rings (SSSR count). The average molecular weight is 319 g/mol. The molecule has 4 nitrogen and oxygen atoms in total. The standard InChI is InChI=1S/C19H29NO3/c1-2-3-4-10-15-23-19(22)20-18(16-21)14-9-8-13-17-11-6-5-7-12-17/h5-7,11-12,16,18H,2-4,8-10,13-15H2,1H3,(H,20,22). The summed E-state index contributed by atoms with van der Waals surface area (Å²) < 4.78 is 5.09. The molecule has 0 saturated carbocycles. The summed E-state index contributed by atoms with van der Waals surface area (Å²) in [4.78, 5) is 22.7. The summed E-state index contributed by atoms with van der Waals surface area (Å²) in [5.74, 6) is 0. The van der Waals surface area contributed by atoms with Crippen molar-refractivity contribution in [1.29, 1.82) is 0 Å². The van der Waals surface area contributed by atoms with E-state index in [0.717, 1.165) is 51.2 Å². The molecule has 0 radical (unpaired) electrons. The van der Waals surface area contributed by atoms with Crippen LogP contribution >= 0.6 is 0 Å². The number of unbranched alkanes of at least 4 members (excludes halogenated alkanes) is 4. The van der Waals surface area contributed by atoms with Crippen LogP contribution in [0.4, 0.5) is 4.79 Å². The Morgan fingerprint density at radius 3 is 2.61 bits per heavy atom. The van der Waals surface area contributed by atoms with Gasteiger partial charge in [0.1, 0.15) is 6.29 Å². The third-order valence-corrected chi connectivity index (χ3v) is 3.77. The number of ether oxygens (including phenoxy) is 1. The van der Waals surface area contributed by atoms with Crippen molar-refractivity contribution in [3.05, 3.63) is 35.9 Å². The van der Waals surface area contributed by atoms with Gasteiger partial charge in [-0.25, -0.2) is 4.79 Å². The SMILES string of the molecule is CCCCCCOC(=O)NC(C=O)CCCCc1ccccc1. The van der Waals surface area contributed by atoms with Gasteiger partial charge in [-0.3, -0.25) is 0 Å². The van der Waals surface area contributed by atoms with Crippen LogP contribution in [0.5, 0.6) is 0 Å². The van der Waals surface area contributed by atoms with Crippen molar-refractivity contribution in [3.63, 3.8) is 0 Å². The minimum absolute atomic E-state index is 0.422. The van der Waals surface area contributed by atoms with Crippen LogP contribution in [0.2, 0.25) is 0 Å². The number of carbonyl (C=O) groups is 2. The zero-order chi connectivity index (χ0) is 16.8. The fraction of sp³-hybridized carbons (Fsp3) is 0.579. The number of amides is 1. The molecule has 1 amide bonds. The van der Waals surface area contributed by atoms with Gasteiger partial charge in [0, 0.05) is 0 Å². The Balaban J connectivity index is 2.11. The monoisotopic (exact) mass is 319 g/mol. The van der Waals surface area contributed by atoms with Crippen molar-refractivity contribution >= 4 is 12.4 Å². The Hall–Kier alpha value is -1.84. The molecule has 23 heavy (non-hydrogen) atoms. The van der Waals surface area contributed by atoms with Gasteiger partial charge in [-0.2, -0.15) is 0 Å². The molecule has 0 saturated heterocycles. The van der Waals surface area contributed by atoms with E-state index in [9.17, 15) is 9.59 Å². The number of aryl methyl sites for hydroxylation is 1. The summed E-state index contributed by atoms with van der Waals surface area (Å²) >= 11 is 0. The molecule has 0 spiro atoms. The molecule has 0 bridgehead atoms. The van der Waals surface area contributed by atoms with E-state index in [4.69, 9.17) is 4.74 Å². The van der Waals surface area contributed by atoms with Gasteiger partial charge in [0.15, 0.2) is 0 Å². The van der Waals surface area contributed by atoms with E-state index in [-0.39, 0.29) is 0 Å². The Labute approximate surface area is 139 Å². The molecular weight excluding hydrogens is 290 g/mol. The lowest BCUT2D eigenvalue weighted by molar-refractivity contribution is -0.109. The van der Waals surface area contributed by atoms with Crippen LogP contribution in [-0.4, -0.2) is 25.0 Å². The molecule has 4 heteroatoms. The first kappa shape index (κ1) is 19.2. The molecule has 1 aromatic carbocycles. The van der Waals surface area contributed by atoms with Gasteiger partial charge in [-0.15, -0.1) is 0 Å². The van der Waals surface area contributed by atoms with E-state index in [2.05, 4.69) is 24.4 Å². The largest absolute Gasteiger partial charge is 0.450 e. The first-order valence-electron chi connectivity index (χ1n) is 8.68. The highest BCUT2D eigenvalue weighted by Crippen LogP contribution is 2.07. The van der Waals surface area contributed by atoms with E-state index in [0.29, 0.717) is 13.0 Å². The number of carbonyl (C=O) groups excluding carboxylic acids is 2. The van der Waals surface area contributed by atoms with E-state index in [1.165, 1.54) is 5.56 Å². The second kappa shape index (κ2) is 12.7. The van der Waals surface area contributed by atoms with E-state index in [1.54, 1.807) is 0 Å². The van der Waals surface area contributed by atoms with Gasteiger partial charge >= 0.3 is 6.09 Å². The van der Waals surface area contributed by atoms with Gasteiger partial charge in [0.05, 0.1) is 12.6 Å². The maximum Gasteiger partial charge on any atom is 0.407 e. The van der Waals surface area contributed by atoms with Crippen molar-refractivity contribution in [2.45, 2.75) is 64.3 Å². The van der Waals surface area contributed by atoms with Gasteiger partial charge < -0.3 is 14.8 Å². The lowest BCUT2D eigenvalue weighted by Gasteiger charge is -2.13. The highest BCUT2D eigenvalue weighted by atomic mass is 16.5. The number of rotatable bonds is 12. The molecule has 0 aliphatic carbocycles. The van der Waals surface area contributed by atoms with Crippen molar-refractivity contribution < 1.29 is 14.3 Å². The fourth-order valence-electron chi connectivity index (χ4n) is 2.40. The van der Waals surface area contributed by atoms with E-state index >= 15 is 0 Å². The normalized spacial score (nSPS) is 11.7. The lowest BCUT2D eigenvalue weighted by atomic mass is 10.0. The molecule has 1 unspecified atom stereocenters.